The predicted octanol–water partition coefficient (Wildman–Crippen LogP) is 7.43. The summed E-state index contributed by atoms with van der Waals surface area (Å²) in [5.41, 5.74) is 13.2. The number of carbonyl (C=O) groups is 2. The first-order chi connectivity index (χ1) is 30.6. The number of pyridine rings is 2. The molecule has 2 amide bonds. The van der Waals surface area contributed by atoms with Crippen LogP contribution in [0.1, 0.15) is 67.2 Å². The van der Waals surface area contributed by atoms with E-state index in [0.29, 0.717) is 61.1 Å². The van der Waals surface area contributed by atoms with Crippen LogP contribution in [0.15, 0.2) is 72.9 Å². The number of hydrogen-bond donors (Lipinski definition) is 2. The Bertz CT molecular complexity index is 3140. The van der Waals surface area contributed by atoms with Gasteiger partial charge in [0, 0.05) is 80.5 Å². The Morgan fingerprint density at radius 2 is 1.52 bits per heavy atom. The summed E-state index contributed by atoms with van der Waals surface area (Å²) in [6.07, 6.45) is 5.48. The van der Waals surface area contributed by atoms with Gasteiger partial charge < -0.3 is 39.1 Å². The number of rotatable bonds is 9. The molecule has 11 rings (SSSR count). The Hall–Kier alpha value is -6.61. The van der Waals surface area contributed by atoms with Gasteiger partial charge in [0.05, 0.1) is 40.0 Å². The lowest BCUT2D eigenvalue weighted by atomic mass is 10.0. The number of hydrogen-bond acceptors (Lipinski definition) is 8. The van der Waals surface area contributed by atoms with Crippen molar-refractivity contribution < 1.29 is 14.0 Å². The van der Waals surface area contributed by atoms with E-state index in [0.717, 1.165) is 88.4 Å². The van der Waals surface area contributed by atoms with Crippen LogP contribution in [0.3, 0.4) is 0 Å². The zero-order valence-electron chi connectivity index (χ0n) is 36.1. The molecule has 0 radical (unpaired) electrons. The van der Waals surface area contributed by atoms with Gasteiger partial charge in [-0.1, -0.05) is 0 Å². The molecule has 6 aromatic heterocycles. The minimum absolute atomic E-state index is 0.0188. The highest BCUT2D eigenvalue weighted by atomic mass is 19.1. The van der Waals surface area contributed by atoms with Gasteiger partial charge in [-0.05, 0) is 119 Å². The number of aromatic nitrogens is 8. The van der Waals surface area contributed by atoms with E-state index in [9.17, 15) is 9.59 Å². The van der Waals surface area contributed by atoms with Crippen LogP contribution in [-0.2, 0) is 26.7 Å². The molecule has 8 heterocycles. The number of nitrogens with two attached hydrogens (primary N) is 1. The Morgan fingerprint density at radius 3 is 2.32 bits per heavy atom. The van der Waals surface area contributed by atoms with Gasteiger partial charge >= 0.3 is 0 Å². The molecule has 1 saturated carbocycles. The molecule has 2 bridgehead atoms. The summed E-state index contributed by atoms with van der Waals surface area (Å²) in [5, 5.41) is 5.76. The van der Waals surface area contributed by atoms with Crippen LogP contribution in [0.25, 0.3) is 67.2 Å². The second-order valence-electron chi connectivity index (χ2n) is 17.5. The first-order valence-electron chi connectivity index (χ1n) is 22.4. The molecule has 3 N–H and O–H groups in total. The average molecular weight is 847 g/mol. The Morgan fingerprint density at radius 1 is 0.778 bits per heavy atom. The molecular weight excluding hydrogens is 796 g/mol. The number of nitrogens with zero attached hydrogens (tertiary/aromatic N) is 10. The highest BCUT2D eigenvalue weighted by Gasteiger charge is 2.49. The van der Waals surface area contributed by atoms with Crippen LogP contribution >= 0.6 is 0 Å². The molecule has 2 saturated heterocycles. The molecule has 322 valence electrons. The van der Waals surface area contributed by atoms with E-state index in [1.54, 1.807) is 11.0 Å². The first-order valence-corrected chi connectivity index (χ1v) is 22.4. The maximum atomic E-state index is 16.0. The van der Waals surface area contributed by atoms with Crippen molar-refractivity contribution >= 4 is 61.8 Å². The fourth-order valence-electron chi connectivity index (χ4n) is 10.9. The number of anilines is 1. The number of imidazole rings is 2. The maximum Gasteiger partial charge on any atom is 0.254 e. The molecule has 3 aliphatic rings. The van der Waals surface area contributed by atoms with Crippen LogP contribution in [0, 0.1) is 11.7 Å². The summed E-state index contributed by atoms with van der Waals surface area (Å²) in [6, 6.07) is 21.2. The molecular formula is C48H51FN12O2. The first kappa shape index (κ1) is 39.3. The lowest BCUT2D eigenvalue weighted by Crippen LogP contribution is -2.45. The molecule has 1 aliphatic carbocycles. The highest BCUT2D eigenvalue weighted by molar-refractivity contribution is 6.00. The fourth-order valence-corrected chi connectivity index (χ4v) is 10.9. The molecule has 63 heavy (non-hydrogen) atoms. The van der Waals surface area contributed by atoms with Crippen molar-refractivity contribution in [2.75, 3.05) is 25.0 Å². The Labute approximate surface area is 363 Å². The lowest BCUT2D eigenvalue weighted by molar-refractivity contribution is 0.0697. The third-order valence-electron chi connectivity index (χ3n) is 13.9. The zero-order chi connectivity index (χ0) is 43.3. The molecule has 2 aromatic carbocycles. The summed E-state index contributed by atoms with van der Waals surface area (Å²) in [5.74, 6) is 1.82. The number of aryl methyl sites for hydroxylation is 4. The predicted molar refractivity (Wildman–Crippen MR) is 243 cm³/mol. The number of carbonyl (C=O) groups excluding carboxylic acids is 2. The molecule has 2 aliphatic heterocycles. The van der Waals surface area contributed by atoms with Crippen molar-refractivity contribution in [2.24, 2.45) is 18.7 Å². The monoisotopic (exact) mass is 846 g/mol. The van der Waals surface area contributed by atoms with Gasteiger partial charge in [-0.2, -0.15) is 0 Å². The van der Waals surface area contributed by atoms with Gasteiger partial charge in [0.25, 0.3) is 11.8 Å². The van der Waals surface area contributed by atoms with Crippen molar-refractivity contribution in [1.82, 2.24) is 48.0 Å². The summed E-state index contributed by atoms with van der Waals surface area (Å²) >= 11 is 0. The van der Waals surface area contributed by atoms with Crippen molar-refractivity contribution in [1.29, 1.82) is 0 Å². The maximum absolute atomic E-state index is 16.0. The number of halogens is 1. The van der Waals surface area contributed by atoms with Crippen LogP contribution in [0.2, 0.25) is 0 Å². The van der Waals surface area contributed by atoms with Gasteiger partial charge in [0.2, 0.25) is 0 Å². The summed E-state index contributed by atoms with van der Waals surface area (Å²) in [7, 11) is 2.02. The number of piperidine rings is 2. The van der Waals surface area contributed by atoms with Gasteiger partial charge in [-0.15, -0.1) is 0 Å². The number of likely N-dealkylation sites (tertiary alicyclic amines) is 2. The lowest BCUT2D eigenvalue weighted by Gasteiger charge is -2.30. The van der Waals surface area contributed by atoms with Crippen LogP contribution < -0.4 is 11.1 Å². The molecule has 8 aromatic rings. The third-order valence-corrected chi connectivity index (χ3v) is 13.9. The van der Waals surface area contributed by atoms with E-state index >= 15 is 4.39 Å². The molecule has 4 atom stereocenters. The van der Waals surface area contributed by atoms with E-state index in [-0.39, 0.29) is 35.5 Å². The topological polar surface area (TPSA) is 150 Å². The van der Waals surface area contributed by atoms with Gasteiger partial charge in [-0.25, -0.2) is 24.3 Å². The average Bonchev–Trinajstić information content (AvgIpc) is 4.16. The van der Waals surface area contributed by atoms with E-state index in [1.807, 2.05) is 60.0 Å². The molecule has 0 unspecified atom stereocenters. The van der Waals surface area contributed by atoms with Crippen molar-refractivity contribution in [2.45, 2.75) is 84.2 Å². The zero-order valence-corrected chi connectivity index (χ0v) is 36.1. The van der Waals surface area contributed by atoms with Crippen LogP contribution in [-0.4, -0.2) is 97.6 Å². The van der Waals surface area contributed by atoms with Crippen LogP contribution in [0.4, 0.5) is 10.2 Å². The number of fused-ring (bicyclic) bond motifs is 6. The highest BCUT2D eigenvalue weighted by Crippen LogP contribution is 2.41. The van der Waals surface area contributed by atoms with Gasteiger partial charge in [0.15, 0.2) is 11.6 Å². The fraction of sp³-hybridized carbons (Fsp3) is 0.375. The summed E-state index contributed by atoms with van der Waals surface area (Å²) < 4.78 is 24.3. The summed E-state index contributed by atoms with van der Waals surface area (Å²) in [4.78, 5) is 51.4. The molecule has 3 fully saturated rings. The van der Waals surface area contributed by atoms with E-state index in [1.165, 1.54) is 6.07 Å². The molecule has 0 spiro atoms. The Kier molecular flexibility index (Phi) is 9.37. The third kappa shape index (κ3) is 6.21. The van der Waals surface area contributed by atoms with Gasteiger partial charge in [0.1, 0.15) is 28.4 Å². The van der Waals surface area contributed by atoms with E-state index in [2.05, 4.69) is 62.1 Å². The van der Waals surface area contributed by atoms with Crippen molar-refractivity contribution in [3.8, 4) is 23.0 Å². The van der Waals surface area contributed by atoms with Gasteiger partial charge in [-0.3, -0.25) is 9.59 Å². The molecule has 14 nitrogen and oxygen atoms in total. The largest absolute Gasteiger partial charge is 0.365 e. The van der Waals surface area contributed by atoms with E-state index < -0.39 is 5.82 Å². The minimum atomic E-state index is -0.475. The quantitative estimate of drug-likeness (QED) is 0.152. The van der Waals surface area contributed by atoms with Crippen molar-refractivity contribution in [3.63, 3.8) is 0 Å². The second-order valence-corrected chi connectivity index (χ2v) is 17.5. The smallest absolute Gasteiger partial charge is 0.254 e. The minimum Gasteiger partial charge on any atom is -0.365 e. The Balaban J connectivity index is 0.855. The van der Waals surface area contributed by atoms with Crippen molar-refractivity contribution in [3.05, 3.63) is 89.9 Å². The standard InChI is InChI=1S/C48H51FN12O2/c1-5-58-38(23-27-10-8-18-51-43(27)58)45-52-34-21-29(12-15-36(34)56(45)4)48(63)61-25-30-13-16-37(61)41(30)54-40-17-14-28-24-39(59(6-2)44(28)55-40)46-53-35-22-31(20-33(49)42(35)60(46)7-3)47(62)57-19-9-11-32(50)26-57/h8,10,12,14-15,17-18,20-24,30,32,37,41H,5-7,9,11,13,16,19,25-26,50H2,1-4H3,(H,54,55)/t30-,32-,37-,41-/m1/s1. The van der Waals surface area contributed by atoms with E-state index in [4.69, 9.17) is 20.7 Å². The SMILES string of the molecule is CCn1c(-c2nc3cc(C(=O)N4C[C@H]5CC[C@@H]4[C@@H]5Nc4ccc5cc(-c6nc7cc(C(=O)N8CCC[C@@H](N)C8)cc(F)c7n6CC)n(CC)c5n4)ccc3n2C)cc2cccnc21. The number of nitrogens with one attached hydrogen (secondary N) is 1. The second kappa shape index (κ2) is 15.0. The summed E-state index contributed by atoms with van der Waals surface area (Å²) in [6.45, 7) is 9.76. The number of amides is 2. The van der Waals surface area contributed by atoms with Crippen LogP contribution in [0.5, 0.6) is 0 Å². The molecule has 15 heteroatoms. The number of benzene rings is 2. The normalized spacial score (nSPS) is 20.0.